The number of carbonyl (C=O) groups excluding carboxylic acids is 1. The summed E-state index contributed by atoms with van der Waals surface area (Å²) in [6.07, 6.45) is 0. The maximum atomic E-state index is 11.6. The maximum Gasteiger partial charge on any atom is 0.178 e. The first-order valence-electron chi connectivity index (χ1n) is 4.21. The Morgan fingerprint density at radius 3 is 2.79 bits per heavy atom. The Morgan fingerprint density at radius 1 is 1.50 bits per heavy atom. The number of hydrogen-bond donors (Lipinski definition) is 0. The van der Waals surface area contributed by atoms with Crippen LogP contribution in [-0.2, 0) is 0 Å². The van der Waals surface area contributed by atoms with Gasteiger partial charge in [0, 0.05) is 4.47 Å². The first kappa shape index (κ1) is 11.7. The van der Waals surface area contributed by atoms with Gasteiger partial charge in [0.1, 0.15) is 5.75 Å². The lowest BCUT2D eigenvalue weighted by atomic mass is 10.1. The van der Waals surface area contributed by atoms with Crippen LogP contribution in [0.25, 0.3) is 0 Å². The van der Waals surface area contributed by atoms with E-state index in [9.17, 15) is 4.79 Å². The molecule has 0 atom stereocenters. The average molecular weight is 322 g/mol. The van der Waals surface area contributed by atoms with Crippen LogP contribution in [0.3, 0.4) is 0 Å². The number of ether oxygens (including phenoxy) is 1. The molecule has 0 amide bonds. The van der Waals surface area contributed by atoms with Gasteiger partial charge in [0.05, 0.1) is 17.5 Å². The van der Waals surface area contributed by atoms with E-state index in [1.807, 2.05) is 19.1 Å². The molecule has 0 aromatic heterocycles. The van der Waals surface area contributed by atoms with Crippen LogP contribution in [0.5, 0.6) is 5.75 Å². The average Bonchev–Trinajstić information content (AvgIpc) is 2.18. The van der Waals surface area contributed by atoms with Gasteiger partial charge in [0.2, 0.25) is 0 Å². The smallest absolute Gasteiger partial charge is 0.178 e. The van der Waals surface area contributed by atoms with Crippen LogP contribution >= 0.6 is 31.9 Å². The molecule has 1 aromatic carbocycles. The maximum absolute atomic E-state index is 11.6. The lowest BCUT2D eigenvalue weighted by molar-refractivity contribution is 0.101. The molecule has 76 valence electrons. The van der Waals surface area contributed by atoms with Crippen LogP contribution in [0.2, 0.25) is 0 Å². The number of halogens is 2. The molecule has 14 heavy (non-hydrogen) atoms. The second-order valence-electron chi connectivity index (χ2n) is 2.60. The first-order chi connectivity index (χ1) is 6.70. The highest BCUT2D eigenvalue weighted by Crippen LogP contribution is 2.27. The summed E-state index contributed by atoms with van der Waals surface area (Å²) in [6.45, 7) is 2.45. The molecule has 0 spiro atoms. The highest BCUT2D eigenvalue weighted by atomic mass is 79.9. The monoisotopic (exact) mass is 320 g/mol. The molecule has 0 unspecified atom stereocenters. The van der Waals surface area contributed by atoms with Crippen molar-refractivity contribution in [3.05, 3.63) is 28.2 Å². The Kier molecular flexibility index (Phi) is 4.62. The van der Waals surface area contributed by atoms with Gasteiger partial charge < -0.3 is 4.74 Å². The zero-order valence-corrected chi connectivity index (χ0v) is 10.9. The number of rotatable bonds is 4. The van der Waals surface area contributed by atoms with Crippen molar-refractivity contribution in [1.29, 1.82) is 0 Å². The summed E-state index contributed by atoms with van der Waals surface area (Å²) in [7, 11) is 0. The van der Waals surface area contributed by atoms with Crippen LogP contribution in [0.15, 0.2) is 22.7 Å². The highest BCUT2D eigenvalue weighted by molar-refractivity contribution is 9.10. The fourth-order valence-corrected chi connectivity index (χ4v) is 1.97. The minimum Gasteiger partial charge on any atom is -0.493 e. The Balaban J connectivity index is 3.15. The third kappa shape index (κ3) is 2.58. The predicted octanol–water partition coefficient (Wildman–Crippen LogP) is 3.43. The van der Waals surface area contributed by atoms with Crippen LogP contribution in [-0.4, -0.2) is 17.7 Å². The first-order valence-corrected chi connectivity index (χ1v) is 6.12. The Hall–Kier alpha value is -0.350. The SMILES string of the molecule is CCOc1cccc(Br)c1C(=O)CBr. The molecule has 0 saturated carbocycles. The standard InChI is InChI=1S/C10H10Br2O2/c1-2-14-9-5-3-4-7(12)10(9)8(13)6-11/h3-5H,2,6H2,1H3. The molecule has 2 nitrogen and oxygen atoms in total. The predicted molar refractivity (Wildman–Crippen MR) is 63.4 cm³/mol. The third-order valence-corrected chi connectivity index (χ3v) is 2.85. The molecule has 1 aromatic rings. The van der Waals surface area contributed by atoms with Crippen molar-refractivity contribution in [2.24, 2.45) is 0 Å². The van der Waals surface area contributed by atoms with Crippen LogP contribution in [0.1, 0.15) is 17.3 Å². The summed E-state index contributed by atoms with van der Waals surface area (Å²) in [6, 6.07) is 5.47. The van der Waals surface area contributed by atoms with E-state index < -0.39 is 0 Å². The lowest BCUT2D eigenvalue weighted by Crippen LogP contribution is -2.05. The number of carbonyl (C=O) groups is 1. The van der Waals surface area contributed by atoms with E-state index >= 15 is 0 Å². The topological polar surface area (TPSA) is 26.3 Å². The van der Waals surface area contributed by atoms with Crippen molar-refractivity contribution < 1.29 is 9.53 Å². The fraction of sp³-hybridized carbons (Fsp3) is 0.300. The molecule has 0 aliphatic rings. The number of Topliss-reactive ketones (excluding diaryl/α,β-unsaturated/α-hetero) is 1. The van der Waals surface area contributed by atoms with Gasteiger partial charge in [-0.25, -0.2) is 0 Å². The molecule has 1 rings (SSSR count). The molecular formula is C10H10Br2O2. The molecule has 0 aliphatic heterocycles. The van der Waals surface area contributed by atoms with Crippen molar-refractivity contribution in [2.45, 2.75) is 6.92 Å². The second-order valence-corrected chi connectivity index (χ2v) is 4.02. The van der Waals surface area contributed by atoms with Crippen LogP contribution < -0.4 is 4.74 Å². The van der Waals surface area contributed by atoms with E-state index in [2.05, 4.69) is 31.9 Å². The van der Waals surface area contributed by atoms with E-state index in [1.54, 1.807) is 6.07 Å². The minimum absolute atomic E-state index is 0.0147. The Bertz CT molecular complexity index is 337. The second kappa shape index (κ2) is 5.51. The lowest BCUT2D eigenvalue weighted by Gasteiger charge is -2.09. The molecule has 0 N–H and O–H groups in total. The molecule has 0 aliphatic carbocycles. The van der Waals surface area contributed by atoms with Gasteiger partial charge in [-0.2, -0.15) is 0 Å². The number of ketones is 1. The molecule has 0 saturated heterocycles. The van der Waals surface area contributed by atoms with E-state index in [1.165, 1.54) is 0 Å². The molecule has 0 fully saturated rings. The summed E-state index contributed by atoms with van der Waals surface area (Å²) in [5, 5.41) is 0.301. The molecule has 0 radical (unpaired) electrons. The zero-order valence-electron chi connectivity index (χ0n) is 7.72. The summed E-state index contributed by atoms with van der Waals surface area (Å²) in [5.74, 6) is 0.646. The number of hydrogen-bond acceptors (Lipinski definition) is 2. The fourth-order valence-electron chi connectivity index (χ4n) is 1.12. The van der Waals surface area contributed by atoms with Crippen molar-refractivity contribution in [1.82, 2.24) is 0 Å². The summed E-state index contributed by atoms with van der Waals surface area (Å²) >= 11 is 6.48. The van der Waals surface area contributed by atoms with E-state index in [0.29, 0.717) is 23.2 Å². The largest absolute Gasteiger partial charge is 0.493 e. The quantitative estimate of drug-likeness (QED) is 0.627. The van der Waals surface area contributed by atoms with Crippen LogP contribution in [0.4, 0.5) is 0 Å². The van der Waals surface area contributed by atoms with E-state index in [-0.39, 0.29) is 5.78 Å². The third-order valence-electron chi connectivity index (χ3n) is 1.68. The Morgan fingerprint density at radius 2 is 2.21 bits per heavy atom. The van der Waals surface area contributed by atoms with Crippen LogP contribution in [0, 0.1) is 0 Å². The molecule has 0 bridgehead atoms. The van der Waals surface area contributed by atoms with Gasteiger partial charge >= 0.3 is 0 Å². The highest BCUT2D eigenvalue weighted by Gasteiger charge is 2.14. The van der Waals surface area contributed by atoms with E-state index in [4.69, 9.17) is 4.74 Å². The summed E-state index contributed by atoms with van der Waals surface area (Å²) < 4.78 is 6.14. The van der Waals surface area contributed by atoms with Crippen molar-refractivity contribution >= 4 is 37.6 Å². The summed E-state index contributed by atoms with van der Waals surface area (Å²) in [5.41, 5.74) is 0.603. The molecule has 0 heterocycles. The van der Waals surface area contributed by atoms with Gasteiger partial charge in [0.15, 0.2) is 5.78 Å². The normalized spacial score (nSPS) is 9.93. The van der Waals surface area contributed by atoms with Gasteiger partial charge in [-0.15, -0.1) is 0 Å². The van der Waals surface area contributed by atoms with Crippen molar-refractivity contribution in [2.75, 3.05) is 11.9 Å². The van der Waals surface area contributed by atoms with Crippen molar-refractivity contribution in [3.63, 3.8) is 0 Å². The zero-order chi connectivity index (χ0) is 10.6. The van der Waals surface area contributed by atoms with Gasteiger partial charge in [-0.3, -0.25) is 4.79 Å². The Labute approximate surface area is 99.9 Å². The number of alkyl halides is 1. The van der Waals surface area contributed by atoms with Crippen molar-refractivity contribution in [3.8, 4) is 5.75 Å². The molecular weight excluding hydrogens is 312 g/mol. The molecule has 4 heteroatoms. The van der Waals surface area contributed by atoms with Gasteiger partial charge in [-0.05, 0) is 35.0 Å². The van der Waals surface area contributed by atoms with Gasteiger partial charge in [-0.1, -0.05) is 22.0 Å². The van der Waals surface area contributed by atoms with E-state index in [0.717, 1.165) is 4.47 Å². The minimum atomic E-state index is 0.0147. The van der Waals surface area contributed by atoms with Gasteiger partial charge in [0.25, 0.3) is 0 Å². The number of benzene rings is 1. The summed E-state index contributed by atoms with van der Waals surface area (Å²) in [4.78, 5) is 11.6.